The minimum absolute atomic E-state index is 0.0931. The molecule has 1 aromatic carbocycles. The molecule has 0 aliphatic carbocycles. The van der Waals surface area contributed by atoms with Crippen LogP contribution in [-0.2, 0) is 16.0 Å². The fourth-order valence-corrected chi connectivity index (χ4v) is 3.53. The van der Waals surface area contributed by atoms with Gasteiger partial charge in [-0.1, -0.05) is 18.2 Å². The smallest absolute Gasteiger partial charge is 0.333 e. The Morgan fingerprint density at radius 3 is 2.29 bits per heavy atom. The molecule has 0 radical (unpaired) electrons. The minimum Gasteiger partial charge on any atom is -0.333 e. The fraction of sp³-hybridized carbons (Fsp3) is 0.133. The number of nitrogens with one attached hydrogen (secondary N) is 1. The van der Waals surface area contributed by atoms with Crippen LogP contribution in [0, 0.1) is 0 Å². The molecule has 0 fully saturated rings. The van der Waals surface area contributed by atoms with E-state index in [2.05, 4.69) is 9.97 Å². The van der Waals surface area contributed by atoms with Crippen molar-refractivity contribution in [1.29, 1.82) is 0 Å². The van der Waals surface area contributed by atoms with Gasteiger partial charge < -0.3 is 4.98 Å². The zero-order valence-electron chi connectivity index (χ0n) is 12.3. The molecule has 2 heterocycles. The van der Waals surface area contributed by atoms with E-state index in [4.69, 9.17) is 0 Å². The predicted molar refractivity (Wildman–Crippen MR) is 85.4 cm³/mol. The lowest BCUT2D eigenvalue weighted by Crippen LogP contribution is -2.07. The highest BCUT2D eigenvalue weighted by Crippen LogP contribution is 2.37. The molecule has 126 valence electrons. The van der Waals surface area contributed by atoms with Gasteiger partial charge in [0, 0.05) is 11.8 Å². The zero-order chi connectivity index (χ0) is 17.5. The highest BCUT2D eigenvalue weighted by molar-refractivity contribution is 7.90. The van der Waals surface area contributed by atoms with Crippen molar-refractivity contribution in [2.75, 3.05) is 6.26 Å². The number of aromatic amines is 1. The van der Waals surface area contributed by atoms with E-state index in [-0.39, 0.29) is 16.3 Å². The Balaban J connectivity index is 2.14. The Morgan fingerprint density at radius 2 is 1.79 bits per heavy atom. The minimum atomic E-state index is -4.60. The first kappa shape index (κ1) is 16.7. The molecule has 9 heteroatoms. The highest BCUT2D eigenvalue weighted by Gasteiger charge is 2.36. The number of alkyl halides is 3. The standard InChI is InChI=1S/C15H11F3N2O2S2/c1-24(21,22)10-6-4-9(5-7-10)12-13(11-3-2-8-23-11)20-14(19-12)15(16,17)18/h2-8H,1H3,(H,19,20). The topological polar surface area (TPSA) is 62.8 Å². The molecule has 24 heavy (non-hydrogen) atoms. The van der Waals surface area contributed by atoms with Crippen molar-refractivity contribution >= 4 is 21.2 Å². The van der Waals surface area contributed by atoms with E-state index in [9.17, 15) is 21.6 Å². The number of hydrogen-bond acceptors (Lipinski definition) is 4. The number of thiophene rings is 1. The first-order valence-corrected chi connectivity index (χ1v) is 9.45. The molecular formula is C15H11F3N2O2S2. The van der Waals surface area contributed by atoms with Crippen LogP contribution >= 0.6 is 11.3 Å². The van der Waals surface area contributed by atoms with E-state index >= 15 is 0 Å². The Labute approximate surface area is 139 Å². The van der Waals surface area contributed by atoms with Gasteiger partial charge in [0.1, 0.15) is 0 Å². The lowest BCUT2D eigenvalue weighted by atomic mass is 10.1. The predicted octanol–water partition coefficient (Wildman–Crippen LogP) is 4.23. The summed E-state index contributed by atoms with van der Waals surface area (Å²) in [7, 11) is -3.38. The molecule has 0 saturated carbocycles. The molecule has 2 aromatic heterocycles. The maximum Gasteiger partial charge on any atom is 0.449 e. The molecule has 0 saturated heterocycles. The molecule has 1 N–H and O–H groups in total. The van der Waals surface area contributed by atoms with E-state index in [1.54, 1.807) is 17.5 Å². The SMILES string of the molecule is CS(=O)(=O)c1ccc(-c2nc(C(F)(F)F)[nH]c2-c2cccs2)cc1. The molecule has 0 aliphatic heterocycles. The molecule has 0 atom stereocenters. The summed E-state index contributed by atoms with van der Waals surface area (Å²) < 4.78 is 62.0. The fourth-order valence-electron chi connectivity index (χ4n) is 2.18. The molecule has 0 spiro atoms. The summed E-state index contributed by atoms with van der Waals surface area (Å²) in [5.41, 5.74) is 0.784. The van der Waals surface area contributed by atoms with E-state index in [0.29, 0.717) is 10.4 Å². The molecule has 0 bridgehead atoms. The zero-order valence-corrected chi connectivity index (χ0v) is 13.9. The number of halogens is 3. The van der Waals surface area contributed by atoms with Crippen LogP contribution in [0.5, 0.6) is 0 Å². The molecule has 3 aromatic rings. The van der Waals surface area contributed by atoms with E-state index < -0.39 is 21.8 Å². The second kappa shape index (κ2) is 5.75. The van der Waals surface area contributed by atoms with Gasteiger partial charge in [-0.3, -0.25) is 0 Å². The van der Waals surface area contributed by atoms with Crippen molar-refractivity contribution in [3.8, 4) is 21.8 Å². The van der Waals surface area contributed by atoms with Gasteiger partial charge in [0.15, 0.2) is 9.84 Å². The third kappa shape index (κ3) is 3.22. The van der Waals surface area contributed by atoms with Crippen LogP contribution in [-0.4, -0.2) is 24.6 Å². The number of aromatic nitrogens is 2. The van der Waals surface area contributed by atoms with Gasteiger partial charge in [-0.05, 0) is 23.6 Å². The Morgan fingerprint density at radius 1 is 1.12 bits per heavy atom. The van der Waals surface area contributed by atoms with E-state index in [1.165, 1.54) is 35.6 Å². The molecule has 4 nitrogen and oxygen atoms in total. The van der Waals surface area contributed by atoms with E-state index in [1.807, 2.05) is 0 Å². The van der Waals surface area contributed by atoms with Gasteiger partial charge in [0.25, 0.3) is 0 Å². The van der Waals surface area contributed by atoms with Crippen LogP contribution in [0.2, 0.25) is 0 Å². The van der Waals surface area contributed by atoms with Gasteiger partial charge in [0.2, 0.25) is 5.82 Å². The average molecular weight is 372 g/mol. The van der Waals surface area contributed by atoms with Crippen LogP contribution in [0.15, 0.2) is 46.7 Å². The second-order valence-electron chi connectivity index (χ2n) is 5.08. The highest BCUT2D eigenvalue weighted by atomic mass is 32.2. The molecule has 0 aliphatic rings. The van der Waals surface area contributed by atoms with Gasteiger partial charge >= 0.3 is 6.18 Å². The number of nitrogens with zero attached hydrogens (tertiary/aromatic N) is 1. The second-order valence-corrected chi connectivity index (χ2v) is 8.04. The van der Waals surface area contributed by atoms with Gasteiger partial charge in [-0.25, -0.2) is 13.4 Å². The quantitative estimate of drug-likeness (QED) is 0.748. The molecule has 3 rings (SSSR count). The van der Waals surface area contributed by atoms with Crippen molar-refractivity contribution in [1.82, 2.24) is 9.97 Å². The maximum atomic E-state index is 13.0. The maximum absolute atomic E-state index is 13.0. The summed E-state index contributed by atoms with van der Waals surface area (Å²) >= 11 is 1.28. The molecular weight excluding hydrogens is 361 g/mol. The number of sulfone groups is 1. The van der Waals surface area contributed by atoms with Crippen molar-refractivity contribution in [2.24, 2.45) is 0 Å². The van der Waals surface area contributed by atoms with E-state index in [0.717, 1.165) is 6.26 Å². The Kier molecular flexibility index (Phi) is 4.00. The van der Waals surface area contributed by atoms with Gasteiger partial charge in [-0.2, -0.15) is 13.2 Å². The largest absolute Gasteiger partial charge is 0.449 e. The summed E-state index contributed by atoms with van der Waals surface area (Å²) in [5, 5.41) is 1.75. The molecule has 0 amide bonds. The van der Waals surface area contributed by atoms with Crippen molar-refractivity contribution in [3.05, 3.63) is 47.6 Å². The lowest BCUT2D eigenvalue weighted by molar-refractivity contribution is -0.144. The lowest BCUT2D eigenvalue weighted by Gasteiger charge is -2.03. The van der Waals surface area contributed by atoms with Gasteiger partial charge in [0.05, 0.1) is 21.2 Å². The van der Waals surface area contributed by atoms with Crippen LogP contribution in [0.1, 0.15) is 5.82 Å². The Bertz CT molecular complexity index is 957. The van der Waals surface area contributed by atoms with Crippen LogP contribution < -0.4 is 0 Å². The number of imidazole rings is 1. The Hall–Kier alpha value is -2.13. The number of hydrogen-bond donors (Lipinski definition) is 1. The van der Waals surface area contributed by atoms with Crippen LogP contribution in [0.3, 0.4) is 0 Å². The summed E-state index contributed by atoms with van der Waals surface area (Å²) in [6.07, 6.45) is -3.54. The van der Waals surface area contributed by atoms with Gasteiger partial charge in [-0.15, -0.1) is 11.3 Å². The average Bonchev–Trinajstić information content (AvgIpc) is 3.15. The summed E-state index contributed by atoms with van der Waals surface area (Å²) in [6.45, 7) is 0. The first-order valence-electron chi connectivity index (χ1n) is 6.68. The van der Waals surface area contributed by atoms with Crippen molar-refractivity contribution < 1.29 is 21.6 Å². The summed E-state index contributed by atoms with van der Waals surface area (Å²) in [5.74, 6) is -1.09. The van der Waals surface area contributed by atoms with Crippen molar-refractivity contribution in [3.63, 3.8) is 0 Å². The third-order valence-electron chi connectivity index (χ3n) is 3.30. The third-order valence-corrected chi connectivity index (χ3v) is 5.31. The summed E-state index contributed by atoms with van der Waals surface area (Å²) in [4.78, 5) is 6.70. The van der Waals surface area contributed by atoms with Crippen molar-refractivity contribution in [2.45, 2.75) is 11.1 Å². The summed E-state index contributed by atoms with van der Waals surface area (Å²) in [6, 6.07) is 9.01. The van der Waals surface area contributed by atoms with Crippen LogP contribution in [0.25, 0.3) is 21.8 Å². The number of H-pyrrole nitrogens is 1. The van der Waals surface area contributed by atoms with Crippen LogP contribution in [0.4, 0.5) is 13.2 Å². The monoisotopic (exact) mass is 372 g/mol. The normalized spacial score (nSPS) is 12.5. The number of rotatable bonds is 3. The molecule has 0 unspecified atom stereocenters. The number of benzene rings is 1. The first-order chi connectivity index (χ1) is 11.2.